The summed E-state index contributed by atoms with van der Waals surface area (Å²) in [5.41, 5.74) is 1.71. The van der Waals surface area contributed by atoms with Gasteiger partial charge in [0.2, 0.25) is 11.7 Å². The van der Waals surface area contributed by atoms with Crippen LogP contribution in [0.1, 0.15) is 24.1 Å². The minimum absolute atomic E-state index is 0.142. The quantitative estimate of drug-likeness (QED) is 0.596. The highest BCUT2D eigenvalue weighted by Gasteiger charge is 2.36. The lowest BCUT2D eigenvalue weighted by atomic mass is 10.2. The van der Waals surface area contributed by atoms with Crippen molar-refractivity contribution in [1.29, 1.82) is 0 Å². The van der Waals surface area contributed by atoms with E-state index in [9.17, 15) is 5.11 Å². The van der Waals surface area contributed by atoms with E-state index >= 15 is 0 Å². The zero-order chi connectivity index (χ0) is 18.2. The second-order valence-corrected chi connectivity index (χ2v) is 6.78. The number of pyridine rings is 1. The van der Waals surface area contributed by atoms with Crippen LogP contribution in [-0.2, 0) is 6.54 Å². The van der Waals surface area contributed by atoms with Crippen LogP contribution in [0.25, 0.3) is 22.4 Å². The van der Waals surface area contributed by atoms with E-state index in [1.165, 1.54) is 0 Å². The summed E-state index contributed by atoms with van der Waals surface area (Å²) in [5.74, 6) is 1.89. The van der Waals surface area contributed by atoms with Gasteiger partial charge in [0.05, 0.1) is 18.7 Å². The van der Waals surface area contributed by atoms with Crippen LogP contribution < -0.4 is 0 Å². The zero-order valence-corrected chi connectivity index (χ0v) is 14.5. The number of para-hydroxylation sites is 1. The van der Waals surface area contributed by atoms with Gasteiger partial charge in [-0.25, -0.2) is 0 Å². The normalized spacial score (nSPS) is 20.5. The molecule has 0 radical (unpaired) electrons. The molecule has 1 aliphatic rings. The Hall–Kier alpha value is -3.03. The van der Waals surface area contributed by atoms with E-state index in [0.29, 0.717) is 31.2 Å². The topological polar surface area (TPSA) is 88.4 Å². The summed E-state index contributed by atoms with van der Waals surface area (Å²) in [5, 5.41) is 15.4. The zero-order valence-electron chi connectivity index (χ0n) is 14.5. The Balaban J connectivity index is 1.40. The monoisotopic (exact) mass is 362 g/mol. The first-order valence-electron chi connectivity index (χ1n) is 8.90. The Morgan fingerprint density at radius 2 is 2.00 bits per heavy atom. The number of aliphatic hydroxyl groups excluding tert-OH is 1. The maximum Gasteiger partial charge on any atom is 0.244 e. The average molecular weight is 362 g/mol. The van der Waals surface area contributed by atoms with Gasteiger partial charge in [-0.2, -0.15) is 4.98 Å². The van der Waals surface area contributed by atoms with Crippen molar-refractivity contribution in [1.82, 2.24) is 20.0 Å². The lowest BCUT2D eigenvalue weighted by molar-refractivity contribution is 0.164. The van der Waals surface area contributed by atoms with Gasteiger partial charge in [-0.05, 0) is 30.7 Å². The van der Waals surface area contributed by atoms with E-state index in [0.717, 1.165) is 22.3 Å². The minimum atomic E-state index is -0.435. The van der Waals surface area contributed by atoms with E-state index in [1.807, 2.05) is 42.5 Å². The molecule has 0 spiro atoms. The molecule has 1 saturated heterocycles. The summed E-state index contributed by atoms with van der Waals surface area (Å²) in [6.07, 6.45) is 3.51. The number of rotatable bonds is 4. The van der Waals surface area contributed by atoms with Crippen molar-refractivity contribution in [3.8, 4) is 11.4 Å². The first-order chi connectivity index (χ1) is 13.3. The van der Waals surface area contributed by atoms with Gasteiger partial charge in [0.15, 0.2) is 0 Å². The molecule has 136 valence electrons. The average Bonchev–Trinajstić information content (AvgIpc) is 3.40. The molecule has 0 aliphatic carbocycles. The van der Waals surface area contributed by atoms with Gasteiger partial charge in [-0.3, -0.25) is 9.88 Å². The first kappa shape index (κ1) is 16.2. The number of aliphatic hydroxyl groups is 1. The number of hydrogen-bond acceptors (Lipinski definition) is 7. The third-order valence-electron chi connectivity index (χ3n) is 4.88. The predicted octanol–water partition coefficient (Wildman–Crippen LogP) is 3.19. The molecule has 4 aromatic rings. The van der Waals surface area contributed by atoms with Crippen LogP contribution in [-0.4, -0.2) is 37.8 Å². The summed E-state index contributed by atoms with van der Waals surface area (Å²) in [7, 11) is 0. The van der Waals surface area contributed by atoms with Crippen LogP contribution in [0.5, 0.6) is 0 Å². The molecule has 1 aliphatic heterocycles. The van der Waals surface area contributed by atoms with E-state index in [4.69, 9.17) is 8.94 Å². The number of β-amino-alcohol motifs (C(OH)–C–C–N with tert-alkyl or cyclic N) is 1. The summed E-state index contributed by atoms with van der Waals surface area (Å²) in [6, 6.07) is 13.5. The molecule has 0 bridgehead atoms. The molecule has 2 atom stereocenters. The van der Waals surface area contributed by atoms with Crippen LogP contribution in [0.3, 0.4) is 0 Å². The fourth-order valence-electron chi connectivity index (χ4n) is 3.61. The number of furan rings is 1. The first-order valence-corrected chi connectivity index (χ1v) is 8.90. The highest BCUT2D eigenvalue weighted by Crippen LogP contribution is 2.34. The summed E-state index contributed by atoms with van der Waals surface area (Å²) < 4.78 is 11.4. The second-order valence-electron chi connectivity index (χ2n) is 6.78. The number of likely N-dealkylation sites (tertiary alicyclic amines) is 1. The van der Waals surface area contributed by atoms with Crippen molar-refractivity contribution in [2.75, 3.05) is 6.54 Å². The Kier molecular flexibility index (Phi) is 3.95. The maximum absolute atomic E-state index is 10.2. The summed E-state index contributed by atoms with van der Waals surface area (Å²) in [6.45, 7) is 1.11. The molecule has 1 N–H and O–H groups in total. The lowest BCUT2D eigenvalue weighted by Gasteiger charge is -2.19. The van der Waals surface area contributed by atoms with E-state index in [1.54, 1.807) is 12.4 Å². The van der Waals surface area contributed by atoms with Gasteiger partial charge in [0.25, 0.3) is 0 Å². The van der Waals surface area contributed by atoms with Crippen molar-refractivity contribution in [3.05, 3.63) is 66.5 Å². The number of nitrogens with zero attached hydrogens (tertiary/aromatic N) is 4. The Bertz CT molecular complexity index is 1030. The Labute approximate surface area is 155 Å². The molecular formula is C20H18N4O3. The van der Waals surface area contributed by atoms with Crippen molar-refractivity contribution in [2.45, 2.75) is 25.1 Å². The SMILES string of the molecule is OC1CC(c2nc(-c3ccncc3)no2)N(Cc2cc3ccccc3o2)C1. The Morgan fingerprint density at radius 3 is 2.85 bits per heavy atom. The molecule has 0 saturated carbocycles. The van der Waals surface area contributed by atoms with E-state index < -0.39 is 6.10 Å². The fourth-order valence-corrected chi connectivity index (χ4v) is 3.61. The van der Waals surface area contributed by atoms with Crippen molar-refractivity contribution >= 4 is 11.0 Å². The maximum atomic E-state index is 10.2. The molecule has 7 nitrogen and oxygen atoms in total. The highest BCUT2D eigenvalue weighted by molar-refractivity contribution is 5.77. The molecule has 5 rings (SSSR count). The number of fused-ring (bicyclic) bond motifs is 1. The van der Waals surface area contributed by atoms with Gasteiger partial charge >= 0.3 is 0 Å². The second kappa shape index (κ2) is 6.61. The minimum Gasteiger partial charge on any atom is -0.460 e. The van der Waals surface area contributed by atoms with E-state index in [-0.39, 0.29) is 6.04 Å². The molecule has 1 fully saturated rings. The van der Waals surface area contributed by atoms with Gasteiger partial charge in [0, 0.05) is 29.9 Å². The van der Waals surface area contributed by atoms with Crippen molar-refractivity contribution in [3.63, 3.8) is 0 Å². The Morgan fingerprint density at radius 1 is 1.15 bits per heavy atom. The van der Waals surface area contributed by atoms with Crippen LogP contribution in [0.2, 0.25) is 0 Å². The third kappa shape index (κ3) is 3.11. The lowest BCUT2D eigenvalue weighted by Crippen LogP contribution is -2.24. The number of hydrogen-bond donors (Lipinski definition) is 1. The largest absolute Gasteiger partial charge is 0.460 e. The van der Waals surface area contributed by atoms with Crippen molar-refractivity contribution in [2.24, 2.45) is 0 Å². The van der Waals surface area contributed by atoms with E-state index in [2.05, 4.69) is 20.0 Å². The molecule has 7 heteroatoms. The number of benzene rings is 1. The molecule has 2 unspecified atom stereocenters. The standard InChI is InChI=1S/C20H18N4O3/c25-15-10-17(20-22-19(23-27-20)13-5-7-21-8-6-13)24(11-15)12-16-9-14-3-1-2-4-18(14)26-16/h1-9,15,17,25H,10-12H2. The highest BCUT2D eigenvalue weighted by atomic mass is 16.5. The molecule has 1 aromatic carbocycles. The third-order valence-corrected chi connectivity index (χ3v) is 4.88. The summed E-state index contributed by atoms with van der Waals surface area (Å²) >= 11 is 0. The van der Waals surface area contributed by atoms with Crippen LogP contribution in [0.4, 0.5) is 0 Å². The predicted molar refractivity (Wildman–Crippen MR) is 97.5 cm³/mol. The van der Waals surface area contributed by atoms with Gasteiger partial charge in [-0.1, -0.05) is 23.4 Å². The van der Waals surface area contributed by atoms with Gasteiger partial charge in [-0.15, -0.1) is 0 Å². The van der Waals surface area contributed by atoms with Crippen LogP contribution >= 0.6 is 0 Å². The van der Waals surface area contributed by atoms with Crippen molar-refractivity contribution < 1.29 is 14.0 Å². The smallest absolute Gasteiger partial charge is 0.244 e. The summed E-state index contributed by atoms with van der Waals surface area (Å²) in [4.78, 5) is 10.7. The van der Waals surface area contributed by atoms with Crippen LogP contribution in [0.15, 0.2) is 63.8 Å². The van der Waals surface area contributed by atoms with Gasteiger partial charge in [0.1, 0.15) is 11.3 Å². The van der Waals surface area contributed by atoms with Crippen LogP contribution in [0, 0.1) is 0 Å². The molecule has 27 heavy (non-hydrogen) atoms. The van der Waals surface area contributed by atoms with Gasteiger partial charge < -0.3 is 14.0 Å². The molecular weight excluding hydrogens is 344 g/mol. The fraction of sp³-hybridized carbons (Fsp3) is 0.250. The molecule has 0 amide bonds. The number of aromatic nitrogens is 3. The molecule has 4 heterocycles. The molecule has 3 aromatic heterocycles.